The van der Waals surface area contributed by atoms with E-state index in [9.17, 15) is 4.79 Å². The second kappa shape index (κ2) is 4.68. The molecular weight excluding hydrogens is 202 g/mol. The van der Waals surface area contributed by atoms with Crippen LogP contribution in [0.4, 0.5) is 5.69 Å². The van der Waals surface area contributed by atoms with Crippen LogP contribution in [0.3, 0.4) is 0 Å². The van der Waals surface area contributed by atoms with Gasteiger partial charge in [-0.2, -0.15) is 5.10 Å². The maximum Gasteiger partial charge on any atom is 0.287 e. The van der Waals surface area contributed by atoms with Crippen LogP contribution in [-0.4, -0.2) is 16.3 Å². The Kier molecular flexibility index (Phi) is 3.55. The lowest BCUT2D eigenvalue weighted by atomic mass is 10.4. The van der Waals surface area contributed by atoms with Gasteiger partial charge in [-0.25, -0.2) is 4.68 Å². The predicted molar refractivity (Wildman–Crippen MR) is 56.4 cm³/mol. The standard InChI is InChI=1S/C9H10ClN3O/c1-3-4-5-11-7-6-12-13(2)9(14)8(7)10/h1,6,11H,4-5H2,2H3. The molecule has 74 valence electrons. The van der Waals surface area contributed by atoms with Gasteiger partial charge in [0.05, 0.1) is 11.9 Å². The Labute approximate surface area is 86.9 Å². The van der Waals surface area contributed by atoms with Crippen LogP contribution in [0.5, 0.6) is 0 Å². The molecule has 0 atom stereocenters. The molecule has 4 nitrogen and oxygen atoms in total. The van der Waals surface area contributed by atoms with E-state index in [4.69, 9.17) is 18.0 Å². The van der Waals surface area contributed by atoms with E-state index in [0.717, 1.165) is 0 Å². The van der Waals surface area contributed by atoms with Crippen molar-refractivity contribution in [2.75, 3.05) is 11.9 Å². The van der Waals surface area contributed by atoms with Crippen molar-refractivity contribution in [2.45, 2.75) is 6.42 Å². The molecule has 14 heavy (non-hydrogen) atoms. The molecule has 0 unspecified atom stereocenters. The summed E-state index contributed by atoms with van der Waals surface area (Å²) in [6, 6.07) is 0. The topological polar surface area (TPSA) is 46.9 Å². The highest BCUT2D eigenvalue weighted by atomic mass is 35.5. The minimum atomic E-state index is -0.322. The van der Waals surface area contributed by atoms with Crippen LogP contribution in [0.2, 0.25) is 5.02 Å². The molecule has 0 bridgehead atoms. The van der Waals surface area contributed by atoms with Gasteiger partial charge in [0.2, 0.25) is 0 Å². The quantitative estimate of drug-likeness (QED) is 0.596. The molecule has 0 saturated heterocycles. The first kappa shape index (κ1) is 10.6. The zero-order valence-electron chi connectivity index (χ0n) is 7.75. The van der Waals surface area contributed by atoms with Crippen LogP contribution in [0.1, 0.15) is 6.42 Å². The summed E-state index contributed by atoms with van der Waals surface area (Å²) < 4.78 is 1.18. The molecule has 0 amide bonds. The lowest BCUT2D eigenvalue weighted by Gasteiger charge is -2.06. The monoisotopic (exact) mass is 211 g/mol. The SMILES string of the molecule is C#CCCNc1cnn(C)c(=O)c1Cl. The number of nitrogens with one attached hydrogen (secondary N) is 1. The summed E-state index contributed by atoms with van der Waals surface area (Å²) in [7, 11) is 1.54. The van der Waals surface area contributed by atoms with Gasteiger partial charge in [-0.05, 0) is 0 Å². The van der Waals surface area contributed by atoms with Crippen molar-refractivity contribution >= 4 is 17.3 Å². The molecule has 1 rings (SSSR count). The molecule has 5 heteroatoms. The Bertz CT molecular complexity index is 419. The maximum atomic E-state index is 11.3. The zero-order valence-corrected chi connectivity index (χ0v) is 8.51. The van der Waals surface area contributed by atoms with Gasteiger partial charge in [0, 0.05) is 20.0 Å². The zero-order chi connectivity index (χ0) is 10.6. The first-order valence-electron chi connectivity index (χ1n) is 4.06. The number of aryl methyl sites for hydroxylation is 1. The third-order valence-electron chi connectivity index (χ3n) is 1.66. The van der Waals surface area contributed by atoms with Crippen molar-refractivity contribution in [2.24, 2.45) is 7.05 Å². The Morgan fingerprint density at radius 3 is 3.14 bits per heavy atom. The van der Waals surface area contributed by atoms with Crippen LogP contribution in [0.15, 0.2) is 11.0 Å². The summed E-state index contributed by atoms with van der Waals surface area (Å²) in [5, 5.41) is 6.89. The normalized spacial score (nSPS) is 9.50. The third-order valence-corrected chi connectivity index (χ3v) is 2.03. The van der Waals surface area contributed by atoms with E-state index < -0.39 is 0 Å². The Morgan fingerprint density at radius 2 is 2.50 bits per heavy atom. The molecule has 0 spiro atoms. The molecule has 0 saturated carbocycles. The van der Waals surface area contributed by atoms with Gasteiger partial charge >= 0.3 is 0 Å². The first-order valence-corrected chi connectivity index (χ1v) is 4.43. The van der Waals surface area contributed by atoms with E-state index in [1.165, 1.54) is 10.9 Å². The van der Waals surface area contributed by atoms with E-state index in [1.54, 1.807) is 7.05 Å². The summed E-state index contributed by atoms with van der Waals surface area (Å²) >= 11 is 5.79. The van der Waals surface area contributed by atoms with Gasteiger partial charge in [0.25, 0.3) is 5.56 Å². The summed E-state index contributed by atoms with van der Waals surface area (Å²) in [4.78, 5) is 11.3. The van der Waals surface area contributed by atoms with Crippen molar-refractivity contribution in [1.29, 1.82) is 0 Å². The molecule has 1 heterocycles. The minimum Gasteiger partial charge on any atom is -0.381 e. The molecule has 1 aromatic rings. The molecule has 0 fully saturated rings. The third kappa shape index (κ3) is 2.27. The lowest BCUT2D eigenvalue weighted by Crippen LogP contribution is -2.21. The van der Waals surface area contributed by atoms with Crippen molar-refractivity contribution in [3.8, 4) is 12.3 Å². The van der Waals surface area contributed by atoms with Crippen molar-refractivity contribution in [3.05, 3.63) is 21.6 Å². The molecule has 0 aliphatic carbocycles. The Hall–Kier alpha value is -1.47. The van der Waals surface area contributed by atoms with Gasteiger partial charge in [0.1, 0.15) is 5.02 Å². The first-order chi connectivity index (χ1) is 6.66. The fourth-order valence-corrected chi connectivity index (χ4v) is 1.14. The molecule has 0 aliphatic heterocycles. The van der Waals surface area contributed by atoms with Crippen molar-refractivity contribution in [3.63, 3.8) is 0 Å². The van der Waals surface area contributed by atoms with Crippen molar-refractivity contribution < 1.29 is 0 Å². The van der Waals surface area contributed by atoms with Crippen LogP contribution in [0, 0.1) is 12.3 Å². The number of halogens is 1. The number of aromatic nitrogens is 2. The minimum absolute atomic E-state index is 0.138. The summed E-state index contributed by atoms with van der Waals surface area (Å²) in [6.45, 7) is 0.574. The summed E-state index contributed by atoms with van der Waals surface area (Å²) in [5.74, 6) is 2.47. The number of hydrogen-bond acceptors (Lipinski definition) is 3. The highest BCUT2D eigenvalue weighted by molar-refractivity contribution is 6.32. The van der Waals surface area contributed by atoms with Gasteiger partial charge in [-0.3, -0.25) is 4.79 Å². The summed E-state index contributed by atoms with van der Waals surface area (Å²) in [6.07, 6.45) is 7.16. The molecule has 0 aromatic carbocycles. The van der Waals surface area contributed by atoms with Crippen LogP contribution >= 0.6 is 11.6 Å². The number of terminal acetylenes is 1. The van der Waals surface area contributed by atoms with E-state index in [0.29, 0.717) is 18.7 Å². The second-order valence-corrected chi connectivity index (χ2v) is 3.06. The summed E-state index contributed by atoms with van der Waals surface area (Å²) in [5.41, 5.74) is 0.197. The number of hydrogen-bond donors (Lipinski definition) is 1. The highest BCUT2D eigenvalue weighted by Gasteiger charge is 2.05. The fraction of sp³-hybridized carbons (Fsp3) is 0.333. The maximum absolute atomic E-state index is 11.3. The van der Waals surface area contributed by atoms with Crippen LogP contribution < -0.4 is 10.9 Å². The molecule has 0 radical (unpaired) electrons. The Morgan fingerprint density at radius 1 is 1.79 bits per heavy atom. The molecule has 1 aromatic heterocycles. The van der Waals surface area contributed by atoms with E-state index in [-0.39, 0.29) is 10.6 Å². The largest absolute Gasteiger partial charge is 0.381 e. The smallest absolute Gasteiger partial charge is 0.287 e. The molecule has 1 N–H and O–H groups in total. The number of nitrogens with zero attached hydrogens (tertiary/aromatic N) is 2. The number of rotatable bonds is 3. The Balaban J connectivity index is 2.85. The average Bonchev–Trinajstić information content (AvgIpc) is 2.18. The van der Waals surface area contributed by atoms with E-state index in [2.05, 4.69) is 16.3 Å². The van der Waals surface area contributed by atoms with Gasteiger partial charge < -0.3 is 5.32 Å². The fourth-order valence-electron chi connectivity index (χ4n) is 0.903. The van der Waals surface area contributed by atoms with E-state index in [1.807, 2.05) is 0 Å². The molecule has 0 aliphatic rings. The van der Waals surface area contributed by atoms with Crippen molar-refractivity contribution in [1.82, 2.24) is 9.78 Å². The highest BCUT2D eigenvalue weighted by Crippen LogP contribution is 2.14. The second-order valence-electron chi connectivity index (χ2n) is 2.68. The van der Waals surface area contributed by atoms with E-state index >= 15 is 0 Å². The van der Waals surface area contributed by atoms with Gasteiger partial charge in [-0.15, -0.1) is 12.3 Å². The average molecular weight is 212 g/mol. The number of anilines is 1. The van der Waals surface area contributed by atoms with Gasteiger partial charge in [0.15, 0.2) is 0 Å². The lowest BCUT2D eigenvalue weighted by molar-refractivity contribution is 0.708. The van der Waals surface area contributed by atoms with Crippen LogP contribution in [0.25, 0.3) is 0 Å². The van der Waals surface area contributed by atoms with Gasteiger partial charge in [-0.1, -0.05) is 11.6 Å². The molecular formula is C9H10ClN3O. The predicted octanol–water partition coefficient (Wildman–Crippen LogP) is 0.869. The van der Waals surface area contributed by atoms with Crippen LogP contribution in [-0.2, 0) is 7.05 Å².